The van der Waals surface area contributed by atoms with Crippen molar-refractivity contribution >= 4 is 5.82 Å². The normalized spacial score (nSPS) is 37.3. The molecule has 0 aromatic carbocycles. The Labute approximate surface area is 93.4 Å². The van der Waals surface area contributed by atoms with Crippen molar-refractivity contribution in [1.29, 1.82) is 0 Å². The summed E-state index contributed by atoms with van der Waals surface area (Å²) in [7, 11) is 0. The Hall–Kier alpha value is -1.17. The van der Waals surface area contributed by atoms with Gasteiger partial charge in [0, 0.05) is 12.6 Å². The van der Waals surface area contributed by atoms with Crippen LogP contribution in [0.4, 0.5) is 5.82 Å². The van der Waals surface area contributed by atoms with Gasteiger partial charge in [0.2, 0.25) is 0 Å². The standard InChI is InChI=1S/C11H14N2O3/c14-7-6-15-8-5-10(16-11(7)8)13-9-3-1-2-4-12-9/h1-4,7-8,10-11,14H,5-6H2,(H,12,13)/t7?,8?,10-,11+/m0/s1. The zero-order valence-corrected chi connectivity index (χ0v) is 8.74. The molecule has 0 aliphatic carbocycles. The third-order valence-electron chi connectivity index (χ3n) is 2.97. The minimum absolute atomic E-state index is 0.0104. The van der Waals surface area contributed by atoms with Gasteiger partial charge in [-0.2, -0.15) is 0 Å². The molecule has 0 bridgehead atoms. The molecular formula is C11H14N2O3. The van der Waals surface area contributed by atoms with Gasteiger partial charge in [-0.3, -0.25) is 0 Å². The monoisotopic (exact) mass is 222 g/mol. The number of fused-ring (bicyclic) bond motifs is 1. The predicted octanol–water partition coefficient (Wildman–Crippen LogP) is 0.368. The molecule has 86 valence electrons. The van der Waals surface area contributed by atoms with E-state index in [0.717, 1.165) is 12.2 Å². The molecule has 1 aromatic heterocycles. The van der Waals surface area contributed by atoms with E-state index in [2.05, 4.69) is 10.3 Å². The summed E-state index contributed by atoms with van der Waals surface area (Å²) in [4.78, 5) is 4.16. The molecule has 4 atom stereocenters. The van der Waals surface area contributed by atoms with Crippen LogP contribution < -0.4 is 5.32 Å². The quantitative estimate of drug-likeness (QED) is 0.757. The van der Waals surface area contributed by atoms with Crippen LogP contribution in [0, 0.1) is 0 Å². The lowest BCUT2D eigenvalue weighted by molar-refractivity contribution is -0.00959. The van der Waals surface area contributed by atoms with Crippen molar-refractivity contribution in [3.05, 3.63) is 24.4 Å². The van der Waals surface area contributed by atoms with Crippen LogP contribution in [0.25, 0.3) is 0 Å². The zero-order chi connectivity index (χ0) is 11.0. The summed E-state index contributed by atoms with van der Waals surface area (Å²) in [5.41, 5.74) is 0. The van der Waals surface area contributed by atoms with Gasteiger partial charge in [-0.25, -0.2) is 4.98 Å². The molecular weight excluding hydrogens is 208 g/mol. The van der Waals surface area contributed by atoms with Gasteiger partial charge in [-0.15, -0.1) is 0 Å². The van der Waals surface area contributed by atoms with Crippen molar-refractivity contribution in [3.8, 4) is 0 Å². The highest BCUT2D eigenvalue weighted by Crippen LogP contribution is 2.30. The molecule has 0 radical (unpaired) electrons. The average molecular weight is 222 g/mol. The van der Waals surface area contributed by atoms with Gasteiger partial charge in [0.15, 0.2) is 0 Å². The molecule has 5 heteroatoms. The minimum Gasteiger partial charge on any atom is -0.388 e. The van der Waals surface area contributed by atoms with Gasteiger partial charge in [-0.05, 0) is 12.1 Å². The van der Waals surface area contributed by atoms with E-state index in [9.17, 15) is 5.11 Å². The second-order valence-corrected chi connectivity index (χ2v) is 4.12. The summed E-state index contributed by atoms with van der Waals surface area (Å²) < 4.78 is 11.1. The number of ether oxygens (including phenoxy) is 2. The molecule has 2 aliphatic heterocycles. The van der Waals surface area contributed by atoms with Crippen LogP contribution in [0.2, 0.25) is 0 Å². The maximum atomic E-state index is 9.59. The number of anilines is 1. The lowest BCUT2D eigenvalue weighted by Crippen LogP contribution is -2.29. The van der Waals surface area contributed by atoms with E-state index >= 15 is 0 Å². The lowest BCUT2D eigenvalue weighted by atomic mass is 10.1. The van der Waals surface area contributed by atoms with E-state index < -0.39 is 6.10 Å². The third kappa shape index (κ3) is 1.77. The summed E-state index contributed by atoms with van der Waals surface area (Å²) >= 11 is 0. The third-order valence-corrected chi connectivity index (χ3v) is 2.97. The van der Waals surface area contributed by atoms with Crippen LogP contribution in [0.15, 0.2) is 24.4 Å². The van der Waals surface area contributed by atoms with Crippen molar-refractivity contribution in [2.24, 2.45) is 0 Å². The first kappa shape index (κ1) is 10.0. The maximum absolute atomic E-state index is 9.59. The van der Waals surface area contributed by atoms with Crippen LogP contribution in [-0.4, -0.2) is 41.2 Å². The van der Waals surface area contributed by atoms with Gasteiger partial charge in [-0.1, -0.05) is 6.07 Å². The van der Waals surface area contributed by atoms with E-state index in [0.29, 0.717) is 6.61 Å². The Morgan fingerprint density at radius 1 is 1.44 bits per heavy atom. The van der Waals surface area contributed by atoms with Gasteiger partial charge in [0.05, 0.1) is 12.7 Å². The van der Waals surface area contributed by atoms with E-state index in [4.69, 9.17) is 9.47 Å². The van der Waals surface area contributed by atoms with Crippen LogP contribution in [-0.2, 0) is 9.47 Å². The molecule has 3 heterocycles. The molecule has 2 N–H and O–H groups in total. The molecule has 2 fully saturated rings. The summed E-state index contributed by atoms with van der Waals surface area (Å²) in [6, 6.07) is 5.66. The fourth-order valence-corrected chi connectivity index (χ4v) is 2.20. The minimum atomic E-state index is -0.500. The summed E-state index contributed by atoms with van der Waals surface area (Å²) in [5.74, 6) is 0.780. The van der Waals surface area contributed by atoms with Gasteiger partial charge in [0.1, 0.15) is 24.3 Å². The number of rotatable bonds is 2. The van der Waals surface area contributed by atoms with Crippen molar-refractivity contribution < 1.29 is 14.6 Å². The SMILES string of the molecule is OC1COC2C[C@@H](Nc3ccccn3)O[C@H]12. The molecule has 2 aliphatic rings. The fourth-order valence-electron chi connectivity index (χ4n) is 2.20. The summed E-state index contributed by atoms with van der Waals surface area (Å²) in [6.07, 6.45) is 1.67. The second-order valence-electron chi connectivity index (χ2n) is 4.12. The Balaban J connectivity index is 1.63. The molecule has 1 aromatic rings. The molecule has 0 amide bonds. The van der Waals surface area contributed by atoms with Gasteiger partial charge >= 0.3 is 0 Å². The van der Waals surface area contributed by atoms with E-state index in [1.165, 1.54) is 0 Å². The lowest BCUT2D eigenvalue weighted by Gasteiger charge is -2.16. The van der Waals surface area contributed by atoms with Gasteiger partial charge < -0.3 is 19.9 Å². The number of nitrogens with one attached hydrogen (secondary N) is 1. The Bertz CT molecular complexity index is 360. The molecule has 2 unspecified atom stereocenters. The average Bonchev–Trinajstić information content (AvgIpc) is 2.83. The predicted molar refractivity (Wildman–Crippen MR) is 56.9 cm³/mol. The van der Waals surface area contributed by atoms with Gasteiger partial charge in [0.25, 0.3) is 0 Å². The van der Waals surface area contributed by atoms with Crippen LogP contribution in [0.1, 0.15) is 6.42 Å². The zero-order valence-electron chi connectivity index (χ0n) is 8.74. The first-order valence-corrected chi connectivity index (χ1v) is 5.45. The number of nitrogens with zero attached hydrogens (tertiary/aromatic N) is 1. The summed E-state index contributed by atoms with van der Waals surface area (Å²) in [5, 5.41) is 12.8. The molecule has 2 saturated heterocycles. The Morgan fingerprint density at radius 2 is 2.38 bits per heavy atom. The van der Waals surface area contributed by atoms with Crippen LogP contribution in [0.5, 0.6) is 0 Å². The number of hydrogen-bond acceptors (Lipinski definition) is 5. The van der Waals surface area contributed by atoms with Crippen LogP contribution in [0.3, 0.4) is 0 Å². The van der Waals surface area contributed by atoms with Crippen LogP contribution >= 0.6 is 0 Å². The number of aliphatic hydroxyl groups is 1. The number of aromatic nitrogens is 1. The maximum Gasteiger partial charge on any atom is 0.132 e. The first-order valence-electron chi connectivity index (χ1n) is 5.45. The topological polar surface area (TPSA) is 63.6 Å². The number of pyridine rings is 1. The van der Waals surface area contributed by atoms with E-state index in [1.54, 1.807) is 6.20 Å². The Morgan fingerprint density at radius 3 is 3.12 bits per heavy atom. The van der Waals surface area contributed by atoms with Crippen molar-refractivity contribution in [1.82, 2.24) is 4.98 Å². The molecule has 0 saturated carbocycles. The highest BCUT2D eigenvalue weighted by molar-refractivity contribution is 5.34. The fraction of sp³-hybridized carbons (Fsp3) is 0.545. The highest BCUT2D eigenvalue weighted by atomic mass is 16.6. The van der Waals surface area contributed by atoms with E-state index in [1.807, 2.05) is 18.2 Å². The molecule has 5 nitrogen and oxygen atoms in total. The molecule has 16 heavy (non-hydrogen) atoms. The molecule has 0 spiro atoms. The van der Waals surface area contributed by atoms with Crippen molar-refractivity contribution in [3.63, 3.8) is 0 Å². The second kappa shape index (κ2) is 4.01. The number of hydrogen-bond donors (Lipinski definition) is 2. The smallest absolute Gasteiger partial charge is 0.132 e. The van der Waals surface area contributed by atoms with Crippen molar-refractivity contribution in [2.75, 3.05) is 11.9 Å². The number of aliphatic hydroxyl groups excluding tert-OH is 1. The highest BCUT2D eigenvalue weighted by Gasteiger charge is 2.45. The van der Waals surface area contributed by atoms with E-state index in [-0.39, 0.29) is 18.4 Å². The largest absolute Gasteiger partial charge is 0.388 e. The molecule has 3 rings (SSSR count). The first-order chi connectivity index (χ1) is 7.83. The van der Waals surface area contributed by atoms with Crippen molar-refractivity contribution in [2.45, 2.75) is 31.0 Å². The Kier molecular flexibility index (Phi) is 2.51. The summed E-state index contributed by atoms with van der Waals surface area (Å²) in [6.45, 7) is 0.381.